The van der Waals surface area contributed by atoms with Gasteiger partial charge in [-0.15, -0.1) is 11.3 Å². The lowest BCUT2D eigenvalue weighted by Gasteiger charge is -2.09. The molecule has 22 heavy (non-hydrogen) atoms. The van der Waals surface area contributed by atoms with E-state index in [-0.39, 0.29) is 0 Å². The second-order valence-corrected chi connectivity index (χ2v) is 5.56. The van der Waals surface area contributed by atoms with E-state index in [4.69, 9.17) is 10.00 Å². The number of benzene rings is 1. The molecule has 0 aliphatic rings. The number of anilines is 1. The van der Waals surface area contributed by atoms with Crippen molar-refractivity contribution in [2.75, 3.05) is 11.9 Å². The van der Waals surface area contributed by atoms with Crippen molar-refractivity contribution in [2.24, 2.45) is 0 Å². The fourth-order valence-electron chi connectivity index (χ4n) is 1.84. The molecule has 1 amide bonds. The van der Waals surface area contributed by atoms with Gasteiger partial charge in [0.1, 0.15) is 11.1 Å². The van der Waals surface area contributed by atoms with Crippen LogP contribution in [0.3, 0.4) is 0 Å². The van der Waals surface area contributed by atoms with Gasteiger partial charge in [-0.05, 0) is 42.5 Å². The summed E-state index contributed by atoms with van der Waals surface area (Å²) in [6.07, 6.45) is 0. The van der Waals surface area contributed by atoms with Gasteiger partial charge in [-0.1, -0.05) is 12.1 Å². The number of esters is 1. The zero-order valence-corrected chi connectivity index (χ0v) is 13.0. The van der Waals surface area contributed by atoms with E-state index in [2.05, 4.69) is 5.32 Å². The molecule has 0 saturated heterocycles. The molecule has 2 aromatic rings. The second-order valence-electron chi connectivity index (χ2n) is 4.65. The maximum Gasteiger partial charge on any atom is 0.338 e. The normalized spacial score (nSPS) is 9.86. The molecule has 5 nitrogen and oxygen atoms in total. The Bertz CT molecular complexity index is 759. The highest BCUT2D eigenvalue weighted by Gasteiger charge is 2.14. The van der Waals surface area contributed by atoms with Crippen LogP contribution in [0.4, 0.5) is 5.00 Å². The fourth-order valence-corrected chi connectivity index (χ4v) is 2.59. The number of carbonyl (C=O) groups is 2. The van der Waals surface area contributed by atoms with Gasteiger partial charge in [0.2, 0.25) is 0 Å². The average molecular weight is 314 g/mol. The van der Waals surface area contributed by atoms with Gasteiger partial charge in [0.15, 0.2) is 6.61 Å². The molecule has 0 bridgehead atoms. The number of hydrogen-bond acceptors (Lipinski definition) is 5. The molecule has 112 valence electrons. The summed E-state index contributed by atoms with van der Waals surface area (Å²) in [6.45, 7) is 3.34. The van der Waals surface area contributed by atoms with E-state index in [0.29, 0.717) is 16.1 Å². The minimum absolute atomic E-state index is 0.388. The Balaban J connectivity index is 1.95. The van der Waals surface area contributed by atoms with E-state index in [1.807, 2.05) is 26.0 Å². The van der Waals surface area contributed by atoms with Crippen molar-refractivity contribution in [1.82, 2.24) is 0 Å². The van der Waals surface area contributed by atoms with Crippen molar-refractivity contribution in [3.63, 3.8) is 0 Å². The minimum Gasteiger partial charge on any atom is -0.452 e. The maximum absolute atomic E-state index is 12.0. The van der Waals surface area contributed by atoms with E-state index in [1.54, 1.807) is 23.6 Å². The first kappa shape index (κ1) is 15.7. The molecule has 6 heteroatoms. The van der Waals surface area contributed by atoms with E-state index in [1.165, 1.54) is 11.3 Å². The van der Waals surface area contributed by atoms with Crippen LogP contribution in [0.25, 0.3) is 0 Å². The number of nitriles is 1. The first-order valence-electron chi connectivity index (χ1n) is 6.53. The van der Waals surface area contributed by atoms with Crippen molar-refractivity contribution in [2.45, 2.75) is 13.8 Å². The molecule has 1 N–H and O–H groups in total. The van der Waals surface area contributed by atoms with E-state index in [9.17, 15) is 9.59 Å². The number of ether oxygens (including phenoxy) is 1. The largest absolute Gasteiger partial charge is 0.452 e. The summed E-state index contributed by atoms with van der Waals surface area (Å²) in [5.74, 6) is -1.01. The second kappa shape index (κ2) is 6.87. The first-order valence-corrected chi connectivity index (χ1v) is 7.41. The third-order valence-electron chi connectivity index (χ3n) is 3.20. The molecule has 0 spiro atoms. The van der Waals surface area contributed by atoms with Crippen molar-refractivity contribution >= 4 is 28.2 Å². The Kier molecular flexibility index (Phi) is 4.92. The summed E-state index contributed by atoms with van der Waals surface area (Å²) in [7, 11) is 0. The summed E-state index contributed by atoms with van der Waals surface area (Å²) in [6, 6.07) is 8.92. The molecule has 0 unspecified atom stereocenters. The number of nitrogens with one attached hydrogen (secondary N) is 1. The number of rotatable bonds is 4. The van der Waals surface area contributed by atoms with Crippen LogP contribution in [0.15, 0.2) is 29.6 Å². The highest BCUT2D eigenvalue weighted by Crippen LogP contribution is 2.22. The van der Waals surface area contributed by atoms with Gasteiger partial charge in [0.25, 0.3) is 5.91 Å². The zero-order chi connectivity index (χ0) is 16.1. The van der Waals surface area contributed by atoms with Crippen molar-refractivity contribution in [3.05, 3.63) is 51.9 Å². The summed E-state index contributed by atoms with van der Waals surface area (Å²) in [5.41, 5.74) is 2.65. The lowest BCUT2D eigenvalue weighted by Crippen LogP contribution is -2.21. The SMILES string of the molecule is Cc1cccc(C(=O)OCC(=O)Nc2sccc2C#N)c1C. The number of aryl methyl sites for hydroxylation is 1. The lowest BCUT2D eigenvalue weighted by molar-refractivity contribution is -0.119. The Labute approximate surface area is 132 Å². The lowest BCUT2D eigenvalue weighted by atomic mass is 10.0. The number of amides is 1. The predicted molar refractivity (Wildman–Crippen MR) is 83.9 cm³/mol. The van der Waals surface area contributed by atoms with Crippen LogP contribution in [0, 0.1) is 25.2 Å². The van der Waals surface area contributed by atoms with Crippen molar-refractivity contribution in [3.8, 4) is 6.07 Å². The van der Waals surface area contributed by atoms with Crippen LogP contribution in [-0.2, 0) is 9.53 Å². The number of nitrogens with zero attached hydrogens (tertiary/aromatic N) is 1. The van der Waals surface area contributed by atoms with Crippen LogP contribution in [-0.4, -0.2) is 18.5 Å². The van der Waals surface area contributed by atoms with Crippen LogP contribution in [0.2, 0.25) is 0 Å². The number of carbonyl (C=O) groups excluding carboxylic acids is 2. The van der Waals surface area contributed by atoms with Gasteiger partial charge in [0, 0.05) is 0 Å². The molecular formula is C16H14N2O3S. The van der Waals surface area contributed by atoms with Crippen molar-refractivity contribution < 1.29 is 14.3 Å². The average Bonchev–Trinajstić information content (AvgIpc) is 2.94. The Morgan fingerprint density at radius 3 is 2.82 bits per heavy atom. The standard InChI is InChI=1S/C16H14N2O3S/c1-10-4-3-5-13(11(10)2)16(20)21-9-14(19)18-15-12(8-17)6-7-22-15/h3-7H,9H2,1-2H3,(H,18,19). The molecule has 2 rings (SSSR count). The van der Waals surface area contributed by atoms with Crippen LogP contribution in [0.1, 0.15) is 27.0 Å². The number of hydrogen-bond donors (Lipinski definition) is 1. The Hall–Kier alpha value is -2.65. The molecule has 1 aromatic heterocycles. The van der Waals surface area contributed by atoms with Gasteiger partial charge in [-0.2, -0.15) is 5.26 Å². The first-order chi connectivity index (χ1) is 10.5. The monoisotopic (exact) mass is 314 g/mol. The van der Waals surface area contributed by atoms with Gasteiger partial charge >= 0.3 is 5.97 Å². The molecular weight excluding hydrogens is 300 g/mol. The summed E-state index contributed by atoms with van der Waals surface area (Å²) in [4.78, 5) is 23.8. The molecule has 0 aliphatic heterocycles. The van der Waals surface area contributed by atoms with Crippen LogP contribution in [0.5, 0.6) is 0 Å². The molecule has 0 radical (unpaired) electrons. The van der Waals surface area contributed by atoms with Crippen LogP contribution >= 0.6 is 11.3 Å². The quantitative estimate of drug-likeness (QED) is 0.880. The molecule has 1 aromatic carbocycles. The zero-order valence-electron chi connectivity index (χ0n) is 12.2. The third-order valence-corrected chi connectivity index (χ3v) is 4.03. The Morgan fingerprint density at radius 1 is 1.32 bits per heavy atom. The number of thiophene rings is 1. The maximum atomic E-state index is 12.0. The summed E-state index contributed by atoms with van der Waals surface area (Å²) in [5, 5.41) is 13.6. The fraction of sp³-hybridized carbons (Fsp3) is 0.188. The summed E-state index contributed by atoms with van der Waals surface area (Å²) < 4.78 is 5.02. The smallest absolute Gasteiger partial charge is 0.338 e. The topological polar surface area (TPSA) is 79.2 Å². The Morgan fingerprint density at radius 2 is 2.09 bits per heavy atom. The molecule has 1 heterocycles. The van der Waals surface area contributed by atoms with E-state index < -0.39 is 18.5 Å². The minimum atomic E-state index is -0.539. The highest BCUT2D eigenvalue weighted by atomic mass is 32.1. The van der Waals surface area contributed by atoms with E-state index >= 15 is 0 Å². The van der Waals surface area contributed by atoms with Gasteiger partial charge in [0.05, 0.1) is 11.1 Å². The molecule has 0 aliphatic carbocycles. The van der Waals surface area contributed by atoms with Crippen LogP contribution < -0.4 is 5.32 Å². The molecule has 0 atom stereocenters. The highest BCUT2D eigenvalue weighted by molar-refractivity contribution is 7.14. The summed E-state index contributed by atoms with van der Waals surface area (Å²) >= 11 is 1.24. The van der Waals surface area contributed by atoms with Gasteiger partial charge < -0.3 is 10.1 Å². The molecule has 0 fully saturated rings. The van der Waals surface area contributed by atoms with Crippen molar-refractivity contribution in [1.29, 1.82) is 5.26 Å². The van der Waals surface area contributed by atoms with E-state index in [0.717, 1.165) is 11.1 Å². The molecule has 0 saturated carbocycles. The third kappa shape index (κ3) is 3.51. The van der Waals surface area contributed by atoms with Gasteiger partial charge in [-0.3, -0.25) is 4.79 Å². The van der Waals surface area contributed by atoms with Gasteiger partial charge in [-0.25, -0.2) is 4.79 Å². The predicted octanol–water partition coefficient (Wildman–Crippen LogP) is 3.03.